The van der Waals surface area contributed by atoms with E-state index in [1.807, 2.05) is 12.1 Å². The zero-order valence-corrected chi connectivity index (χ0v) is 16.0. The predicted octanol–water partition coefficient (Wildman–Crippen LogP) is 4.35. The molecule has 0 bridgehead atoms. The normalized spacial score (nSPS) is 12.9. The van der Waals surface area contributed by atoms with Gasteiger partial charge in [0.05, 0.1) is 11.7 Å². The highest BCUT2D eigenvalue weighted by Gasteiger charge is 2.16. The summed E-state index contributed by atoms with van der Waals surface area (Å²) in [5.74, 6) is -1.49. The zero-order valence-electron chi connectivity index (χ0n) is 16.0. The van der Waals surface area contributed by atoms with E-state index in [-0.39, 0.29) is 5.56 Å². The first-order valence-corrected chi connectivity index (χ1v) is 9.31. The van der Waals surface area contributed by atoms with Gasteiger partial charge in [-0.1, -0.05) is 24.3 Å². The van der Waals surface area contributed by atoms with Gasteiger partial charge in [-0.2, -0.15) is 0 Å². The number of aliphatic hydroxyl groups is 1. The number of halogens is 1. The number of hydrogen-bond acceptors (Lipinski definition) is 4. The van der Waals surface area contributed by atoms with Crippen molar-refractivity contribution < 1.29 is 24.1 Å². The number of hydrogen-bond donors (Lipinski definition) is 2. The van der Waals surface area contributed by atoms with Gasteiger partial charge in [-0.25, -0.2) is 9.18 Å². The average Bonchev–Trinajstić information content (AvgIpc) is 2.73. The van der Waals surface area contributed by atoms with E-state index < -0.39 is 24.0 Å². The fourth-order valence-corrected chi connectivity index (χ4v) is 2.98. The number of nitrogens with zero attached hydrogens (tertiary/aromatic N) is 1. The molecule has 3 rings (SSSR count). The molecule has 2 N–H and O–H groups in total. The minimum absolute atomic E-state index is 0.367. The maximum atomic E-state index is 13.6. The largest absolute Gasteiger partial charge is 0.488 e. The SMILES string of the molecule is CC(Oc1ccc(-c2ccc(F)c(C(=O)O)c2)cc1)C(O)CCc1cccnc1. The second kappa shape index (κ2) is 9.30. The van der Waals surface area contributed by atoms with Crippen LogP contribution >= 0.6 is 0 Å². The smallest absolute Gasteiger partial charge is 0.338 e. The van der Waals surface area contributed by atoms with Crippen molar-refractivity contribution in [2.45, 2.75) is 32.0 Å². The van der Waals surface area contributed by atoms with E-state index in [4.69, 9.17) is 9.84 Å². The lowest BCUT2D eigenvalue weighted by Gasteiger charge is -2.20. The number of aromatic nitrogens is 1. The third-order valence-corrected chi connectivity index (χ3v) is 4.70. The first-order valence-electron chi connectivity index (χ1n) is 9.31. The molecule has 2 aromatic carbocycles. The molecule has 0 saturated heterocycles. The molecule has 0 radical (unpaired) electrons. The molecule has 2 unspecified atom stereocenters. The van der Waals surface area contributed by atoms with Crippen molar-refractivity contribution in [1.82, 2.24) is 4.98 Å². The van der Waals surface area contributed by atoms with Gasteiger partial charge in [0, 0.05) is 12.4 Å². The molecule has 150 valence electrons. The molecular weight excluding hydrogens is 373 g/mol. The van der Waals surface area contributed by atoms with Gasteiger partial charge in [-0.05, 0) is 66.8 Å². The van der Waals surface area contributed by atoms with Crippen LogP contribution in [-0.4, -0.2) is 33.4 Å². The summed E-state index contributed by atoms with van der Waals surface area (Å²) in [6, 6.07) is 14.8. The van der Waals surface area contributed by atoms with E-state index in [9.17, 15) is 14.3 Å². The molecule has 0 aliphatic carbocycles. The van der Waals surface area contributed by atoms with Crippen LogP contribution in [0.3, 0.4) is 0 Å². The Hall–Kier alpha value is -3.25. The average molecular weight is 395 g/mol. The number of aromatic carboxylic acids is 1. The molecule has 1 heterocycles. The van der Waals surface area contributed by atoms with Crippen molar-refractivity contribution in [3.05, 3.63) is 83.9 Å². The molecule has 0 amide bonds. The minimum atomic E-state index is -1.31. The van der Waals surface area contributed by atoms with Gasteiger partial charge in [0.2, 0.25) is 0 Å². The number of ether oxygens (including phenoxy) is 1. The van der Waals surface area contributed by atoms with E-state index in [2.05, 4.69) is 4.98 Å². The molecule has 0 spiro atoms. The second-order valence-electron chi connectivity index (χ2n) is 6.81. The van der Waals surface area contributed by atoms with Crippen LogP contribution in [0.1, 0.15) is 29.3 Å². The molecule has 29 heavy (non-hydrogen) atoms. The summed E-state index contributed by atoms with van der Waals surface area (Å²) in [4.78, 5) is 15.2. The Morgan fingerprint density at radius 1 is 1.14 bits per heavy atom. The zero-order chi connectivity index (χ0) is 20.8. The molecule has 0 aliphatic rings. The van der Waals surface area contributed by atoms with Crippen LogP contribution < -0.4 is 4.74 Å². The molecule has 2 atom stereocenters. The topological polar surface area (TPSA) is 79.7 Å². The Bertz CT molecular complexity index is 960. The van der Waals surface area contributed by atoms with Crippen LogP contribution in [0.2, 0.25) is 0 Å². The standard InChI is InChI=1S/C23H22FNO4/c1-15(22(26)11-4-16-3-2-12-25-14-16)29-19-8-5-17(6-9-19)18-7-10-21(24)20(13-18)23(27)28/h2-3,5-10,12-15,22,26H,4,11H2,1H3,(H,27,28). The highest BCUT2D eigenvalue weighted by molar-refractivity contribution is 5.89. The van der Waals surface area contributed by atoms with E-state index >= 15 is 0 Å². The first kappa shape index (κ1) is 20.5. The molecule has 1 aromatic heterocycles. The Labute approximate surface area is 168 Å². The fourth-order valence-electron chi connectivity index (χ4n) is 2.98. The Morgan fingerprint density at radius 2 is 1.86 bits per heavy atom. The van der Waals surface area contributed by atoms with Crippen LogP contribution in [0, 0.1) is 5.82 Å². The van der Waals surface area contributed by atoms with Gasteiger partial charge in [-0.3, -0.25) is 4.98 Å². The summed E-state index contributed by atoms with van der Waals surface area (Å²) in [5, 5.41) is 19.4. The van der Waals surface area contributed by atoms with E-state index in [1.54, 1.807) is 43.6 Å². The molecule has 0 saturated carbocycles. The van der Waals surface area contributed by atoms with Crippen molar-refractivity contribution in [2.24, 2.45) is 0 Å². The first-order chi connectivity index (χ1) is 13.9. The minimum Gasteiger partial charge on any atom is -0.488 e. The third-order valence-electron chi connectivity index (χ3n) is 4.70. The van der Waals surface area contributed by atoms with Crippen molar-refractivity contribution >= 4 is 5.97 Å². The number of rotatable bonds is 8. The summed E-state index contributed by atoms with van der Waals surface area (Å²) in [6.07, 6.45) is 3.72. The highest BCUT2D eigenvalue weighted by atomic mass is 19.1. The van der Waals surface area contributed by atoms with Gasteiger partial charge in [-0.15, -0.1) is 0 Å². The lowest BCUT2D eigenvalue weighted by Crippen LogP contribution is -2.29. The summed E-state index contributed by atoms with van der Waals surface area (Å²) in [5.41, 5.74) is 2.03. The van der Waals surface area contributed by atoms with Crippen molar-refractivity contribution in [2.75, 3.05) is 0 Å². The number of pyridine rings is 1. The van der Waals surface area contributed by atoms with Crippen LogP contribution in [0.4, 0.5) is 4.39 Å². The Morgan fingerprint density at radius 3 is 2.52 bits per heavy atom. The Balaban J connectivity index is 1.61. The van der Waals surface area contributed by atoms with Gasteiger partial charge in [0.15, 0.2) is 0 Å². The quantitative estimate of drug-likeness (QED) is 0.593. The maximum absolute atomic E-state index is 13.6. The number of aliphatic hydroxyl groups excluding tert-OH is 1. The highest BCUT2D eigenvalue weighted by Crippen LogP contribution is 2.25. The second-order valence-corrected chi connectivity index (χ2v) is 6.81. The molecule has 5 nitrogen and oxygen atoms in total. The number of carboxylic acids is 1. The molecule has 0 aliphatic heterocycles. The predicted molar refractivity (Wildman–Crippen MR) is 107 cm³/mol. The lowest BCUT2D eigenvalue weighted by molar-refractivity contribution is 0.0420. The van der Waals surface area contributed by atoms with Gasteiger partial charge in [0.1, 0.15) is 17.7 Å². The number of aryl methyl sites for hydroxylation is 1. The maximum Gasteiger partial charge on any atom is 0.338 e. The Kier molecular flexibility index (Phi) is 6.57. The fraction of sp³-hybridized carbons (Fsp3) is 0.217. The summed E-state index contributed by atoms with van der Waals surface area (Å²) < 4.78 is 19.4. The summed E-state index contributed by atoms with van der Waals surface area (Å²) in [6.45, 7) is 1.81. The van der Waals surface area contributed by atoms with Crippen molar-refractivity contribution in [3.63, 3.8) is 0 Å². The van der Waals surface area contributed by atoms with Crippen LogP contribution in [0.5, 0.6) is 5.75 Å². The number of benzene rings is 2. The van der Waals surface area contributed by atoms with Gasteiger partial charge in [0.25, 0.3) is 0 Å². The third kappa shape index (κ3) is 5.39. The van der Waals surface area contributed by atoms with Crippen molar-refractivity contribution in [1.29, 1.82) is 0 Å². The van der Waals surface area contributed by atoms with Gasteiger partial charge < -0.3 is 14.9 Å². The van der Waals surface area contributed by atoms with E-state index in [0.29, 0.717) is 24.2 Å². The lowest BCUT2D eigenvalue weighted by atomic mass is 10.0. The summed E-state index contributed by atoms with van der Waals surface area (Å²) in [7, 11) is 0. The van der Waals surface area contributed by atoms with E-state index in [0.717, 1.165) is 17.2 Å². The van der Waals surface area contributed by atoms with Crippen LogP contribution in [0.25, 0.3) is 11.1 Å². The molecule has 0 fully saturated rings. The van der Waals surface area contributed by atoms with Crippen LogP contribution in [-0.2, 0) is 6.42 Å². The van der Waals surface area contributed by atoms with E-state index in [1.165, 1.54) is 12.1 Å². The molecule has 3 aromatic rings. The monoisotopic (exact) mass is 395 g/mol. The van der Waals surface area contributed by atoms with Crippen molar-refractivity contribution in [3.8, 4) is 16.9 Å². The summed E-state index contributed by atoms with van der Waals surface area (Å²) >= 11 is 0. The van der Waals surface area contributed by atoms with Crippen LogP contribution in [0.15, 0.2) is 67.0 Å². The molecular formula is C23H22FNO4. The molecule has 6 heteroatoms. The number of carboxylic acid groups (broad SMARTS) is 1. The van der Waals surface area contributed by atoms with Gasteiger partial charge >= 0.3 is 5.97 Å². The number of carbonyl (C=O) groups is 1.